The van der Waals surface area contributed by atoms with Crippen LogP contribution in [0.5, 0.6) is 5.75 Å². The van der Waals surface area contributed by atoms with Gasteiger partial charge in [0.25, 0.3) is 0 Å². The summed E-state index contributed by atoms with van der Waals surface area (Å²) in [5, 5.41) is 21.1. The Balaban J connectivity index is 1.51. The van der Waals surface area contributed by atoms with E-state index < -0.39 is 0 Å². The topological polar surface area (TPSA) is 125 Å². The van der Waals surface area contributed by atoms with Crippen molar-refractivity contribution >= 4 is 28.5 Å². The molecule has 0 spiro atoms. The summed E-state index contributed by atoms with van der Waals surface area (Å²) in [6.07, 6.45) is 6.25. The number of fused-ring (bicyclic) bond motifs is 1. The second-order valence-electron chi connectivity index (χ2n) is 8.30. The molecule has 9 nitrogen and oxygen atoms in total. The average Bonchev–Trinajstić information content (AvgIpc) is 3.55. The molecule has 5 rings (SSSR count). The minimum atomic E-state index is 0.348. The molecule has 0 unspecified atom stereocenters. The number of nitrogens with zero attached hydrogens (tertiary/aromatic N) is 4. The third-order valence-electron chi connectivity index (χ3n) is 6.12. The van der Waals surface area contributed by atoms with Gasteiger partial charge in [-0.2, -0.15) is 15.2 Å². The van der Waals surface area contributed by atoms with Gasteiger partial charge in [0.15, 0.2) is 0 Å². The minimum absolute atomic E-state index is 0.348. The van der Waals surface area contributed by atoms with E-state index in [-0.39, 0.29) is 0 Å². The van der Waals surface area contributed by atoms with E-state index in [4.69, 9.17) is 14.2 Å². The van der Waals surface area contributed by atoms with E-state index in [1.54, 1.807) is 13.3 Å². The Kier molecular flexibility index (Phi) is 5.34. The van der Waals surface area contributed by atoms with Gasteiger partial charge >= 0.3 is 0 Å². The monoisotopic (exact) mass is 443 g/mol. The summed E-state index contributed by atoms with van der Waals surface area (Å²) in [7, 11) is 1.62. The lowest BCUT2D eigenvalue weighted by Gasteiger charge is -2.16. The van der Waals surface area contributed by atoms with Crippen molar-refractivity contribution in [3.63, 3.8) is 0 Å². The molecule has 9 heteroatoms. The van der Waals surface area contributed by atoms with Crippen molar-refractivity contribution in [1.29, 1.82) is 5.26 Å². The van der Waals surface area contributed by atoms with Crippen LogP contribution in [0, 0.1) is 25.2 Å². The third kappa shape index (κ3) is 3.84. The van der Waals surface area contributed by atoms with Gasteiger partial charge in [0.2, 0.25) is 5.95 Å². The Labute approximate surface area is 191 Å². The fraction of sp³-hybridized carbons (Fsp3) is 0.333. The number of methoxy groups -OCH3 is 1. The summed E-state index contributed by atoms with van der Waals surface area (Å²) in [6.45, 7) is 3.81. The Morgan fingerprint density at radius 1 is 1.21 bits per heavy atom. The molecule has 1 aliphatic rings. The highest BCUT2D eigenvalue weighted by Gasteiger charge is 2.20. The lowest BCUT2D eigenvalue weighted by molar-refractivity contribution is 0.393. The summed E-state index contributed by atoms with van der Waals surface area (Å²) in [6, 6.07) is 8.42. The van der Waals surface area contributed by atoms with Crippen LogP contribution in [0.25, 0.3) is 22.2 Å². The average molecular weight is 444 g/mol. The van der Waals surface area contributed by atoms with Crippen molar-refractivity contribution in [1.82, 2.24) is 20.1 Å². The number of anilines is 3. The molecule has 1 saturated carbocycles. The van der Waals surface area contributed by atoms with E-state index in [9.17, 15) is 5.26 Å². The molecule has 1 aromatic carbocycles. The summed E-state index contributed by atoms with van der Waals surface area (Å²) < 4.78 is 11.0. The second kappa shape index (κ2) is 8.47. The fourth-order valence-corrected chi connectivity index (χ4v) is 4.51. The Morgan fingerprint density at radius 3 is 2.73 bits per heavy atom. The normalized spacial score (nSPS) is 13.9. The van der Waals surface area contributed by atoms with Crippen molar-refractivity contribution in [2.24, 2.45) is 0 Å². The summed E-state index contributed by atoms with van der Waals surface area (Å²) >= 11 is 0. The first-order valence-corrected chi connectivity index (χ1v) is 11.0. The zero-order valence-corrected chi connectivity index (χ0v) is 18.8. The third-order valence-corrected chi connectivity index (χ3v) is 6.12. The van der Waals surface area contributed by atoms with E-state index in [2.05, 4.69) is 31.8 Å². The van der Waals surface area contributed by atoms with Crippen LogP contribution in [0.15, 0.2) is 28.9 Å². The van der Waals surface area contributed by atoms with Gasteiger partial charge in [0.1, 0.15) is 29.0 Å². The van der Waals surface area contributed by atoms with Gasteiger partial charge in [-0.3, -0.25) is 0 Å². The van der Waals surface area contributed by atoms with Crippen LogP contribution in [0.4, 0.5) is 17.5 Å². The highest BCUT2D eigenvalue weighted by molar-refractivity contribution is 5.94. The summed E-state index contributed by atoms with van der Waals surface area (Å²) in [5.74, 6) is 2.48. The highest BCUT2D eigenvalue weighted by atomic mass is 16.5. The number of ether oxygens (including phenoxy) is 1. The zero-order chi connectivity index (χ0) is 22.9. The van der Waals surface area contributed by atoms with Gasteiger partial charge < -0.3 is 24.9 Å². The van der Waals surface area contributed by atoms with Gasteiger partial charge in [-0.1, -0.05) is 24.1 Å². The van der Waals surface area contributed by atoms with Crippen LogP contribution in [0.2, 0.25) is 0 Å². The molecule has 168 valence electrons. The number of hydrogen-bond acceptors (Lipinski definition) is 8. The van der Waals surface area contributed by atoms with Crippen LogP contribution in [-0.4, -0.2) is 33.3 Å². The molecule has 3 aromatic heterocycles. The van der Waals surface area contributed by atoms with Crippen LogP contribution in [0.1, 0.15) is 42.7 Å². The van der Waals surface area contributed by atoms with Crippen molar-refractivity contribution < 1.29 is 9.26 Å². The molecule has 0 bridgehead atoms. The van der Waals surface area contributed by atoms with E-state index >= 15 is 0 Å². The van der Waals surface area contributed by atoms with Crippen molar-refractivity contribution in [2.75, 3.05) is 17.7 Å². The quantitative estimate of drug-likeness (QED) is 0.371. The molecule has 33 heavy (non-hydrogen) atoms. The van der Waals surface area contributed by atoms with E-state index in [1.165, 1.54) is 12.8 Å². The van der Waals surface area contributed by atoms with Gasteiger partial charge in [0, 0.05) is 17.8 Å². The number of H-pyrrole nitrogens is 1. The molecule has 1 fully saturated rings. The number of rotatable bonds is 6. The predicted octanol–water partition coefficient (Wildman–Crippen LogP) is 5.21. The molecular weight excluding hydrogens is 418 g/mol. The number of aromatic amines is 1. The number of aromatic nitrogens is 4. The Hall–Kier alpha value is -4.06. The lowest BCUT2D eigenvalue weighted by atomic mass is 10.0. The maximum absolute atomic E-state index is 9.53. The van der Waals surface area contributed by atoms with Crippen molar-refractivity contribution in [3.8, 4) is 22.9 Å². The molecule has 0 amide bonds. The minimum Gasteiger partial charge on any atom is -0.495 e. The van der Waals surface area contributed by atoms with Gasteiger partial charge in [-0.05, 0) is 44.4 Å². The SMILES string of the molecule is COc1cc(-c2c(C)noc2C)ccc1Nc1nc(NC2CCCC2)c2c(C#N)c[nH]c2n1. The maximum atomic E-state index is 9.53. The van der Waals surface area contributed by atoms with E-state index in [0.29, 0.717) is 34.8 Å². The molecule has 1 aliphatic carbocycles. The van der Waals surface area contributed by atoms with Crippen molar-refractivity contribution in [3.05, 3.63) is 41.4 Å². The molecule has 4 aromatic rings. The molecular formula is C24H25N7O2. The summed E-state index contributed by atoms with van der Waals surface area (Å²) in [5.41, 5.74) is 4.60. The van der Waals surface area contributed by atoms with E-state index in [1.807, 2.05) is 32.0 Å². The first-order chi connectivity index (χ1) is 16.1. The molecule has 0 atom stereocenters. The first-order valence-electron chi connectivity index (χ1n) is 11.0. The molecule has 3 N–H and O–H groups in total. The van der Waals surface area contributed by atoms with Gasteiger partial charge in [0.05, 0.1) is 29.4 Å². The molecule has 3 heterocycles. The van der Waals surface area contributed by atoms with Crippen LogP contribution in [-0.2, 0) is 0 Å². The molecule has 0 radical (unpaired) electrons. The highest BCUT2D eigenvalue weighted by Crippen LogP contribution is 2.36. The second-order valence-corrected chi connectivity index (χ2v) is 8.30. The largest absolute Gasteiger partial charge is 0.495 e. The number of aryl methyl sites for hydroxylation is 2. The lowest BCUT2D eigenvalue weighted by Crippen LogP contribution is -2.16. The van der Waals surface area contributed by atoms with Gasteiger partial charge in [-0.25, -0.2) is 0 Å². The molecule has 0 aliphatic heterocycles. The Morgan fingerprint density at radius 2 is 2.03 bits per heavy atom. The maximum Gasteiger partial charge on any atom is 0.231 e. The smallest absolute Gasteiger partial charge is 0.231 e. The predicted molar refractivity (Wildman–Crippen MR) is 126 cm³/mol. The number of benzene rings is 1. The van der Waals surface area contributed by atoms with E-state index in [0.717, 1.165) is 46.5 Å². The first kappa shape index (κ1) is 20.8. The number of nitrogens with one attached hydrogen (secondary N) is 3. The summed E-state index contributed by atoms with van der Waals surface area (Å²) in [4.78, 5) is 12.4. The van der Waals surface area contributed by atoms with Gasteiger partial charge in [-0.15, -0.1) is 0 Å². The molecule has 0 saturated heterocycles. The number of hydrogen-bond donors (Lipinski definition) is 3. The Bertz CT molecular complexity index is 1340. The van der Waals surface area contributed by atoms with Crippen molar-refractivity contribution in [2.45, 2.75) is 45.6 Å². The van der Waals surface area contributed by atoms with Crippen LogP contribution >= 0.6 is 0 Å². The number of nitriles is 1. The standard InChI is InChI=1S/C24H25N7O2/c1-13-20(14(2)33-31-13)15-8-9-18(19(10-15)32-3)28-24-29-22-21(16(11-25)12-26-22)23(30-24)27-17-6-4-5-7-17/h8-10,12,17H,4-7H2,1-3H3,(H3,26,27,28,29,30). The van der Waals surface area contributed by atoms with Crippen LogP contribution < -0.4 is 15.4 Å². The van der Waals surface area contributed by atoms with Crippen LogP contribution in [0.3, 0.4) is 0 Å². The zero-order valence-electron chi connectivity index (χ0n) is 18.8. The fourth-order valence-electron chi connectivity index (χ4n) is 4.51.